The van der Waals surface area contributed by atoms with Gasteiger partial charge in [0.1, 0.15) is 5.75 Å². The van der Waals surface area contributed by atoms with Crippen molar-refractivity contribution in [2.24, 2.45) is 0 Å². The van der Waals surface area contributed by atoms with Crippen molar-refractivity contribution in [1.29, 1.82) is 5.26 Å². The molecule has 1 aromatic carbocycles. The molecule has 1 aliphatic heterocycles. The normalized spacial score (nSPS) is 18.5. The molecule has 6 heteroatoms. The van der Waals surface area contributed by atoms with Gasteiger partial charge in [-0.3, -0.25) is 14.9 Å². The van der Waals surface area contributed by atoms with Crippen LogP contribution in [-0.4, -0.2) is 31.5 Å². The van der Waals surface area contributed by atoms with Crippen LogP contribution in [0.1, 0.15) is 6.42 Å². The molecular weight excluding hydrogens is 246 g/mol. The fourth-order valence-corrected chi connectivity index (χ4v) is 1.96. The Hall–Kier alpha value is -2.39. The minimum Gasteiger partial charge on any atom is -0.497 e. The molecule has 0 bridgehead atoms. The highest BCUT2D eigenvalue weighted by atomic mass is 16.5. The highest BCUT2D eigenvalue weighted by Crippen LogP contribution is 2.24. The van der Waals surface area contributed by atoms with Crippen LogP contribution in [0.2, 0.25) is 0 Å². The lowest BCUT2D eigenvalue weighted by Crippen LogP contribution is -2.38. The van der Waals surface area contributed by atoms with Gasteiger partial charge in [0.15, 0.2) is 0 Å². The average Bonchev–Trinajstić information content (AvgIpc) is 2.71. The lowest BCUT2D eigenvalue weighted by atomic mass is 10.2. The number of nitrogens with zero attached hydrogens (tertiary/aromatic N) is 2. The Kier molecular flexibility index (Phi) is 3.78. The topological polar surface area (TPSA) is 82.4 Å². The summed E-state index contributed by atoms with van der Waals surface area (Å²) in [7, 11) is 1.54. The van der Waals surface area contributed by atoms with Gasteiger partial charge in [0.2, 0.25) is 5.91 Å². The van der Waals surface area contributed by atoms with E-state index in [1.807, 2.05) is 6.07 Å². The monoisotopic (exact) mass is 259 g/mol. The Morgan fingerprint density at radius 2 is 2.11 bits per heavy atom. The molecule has 0 spiro atoms. The van der Waals surface area contributed by atoms with Gasteiger partial charge in [0.25, 0.3) is 5.91 Å². The number of rotatable bonds is 4. The van der Waals surface area contributed by atoms with Crippen LogP contribution in [0.15, 0.2) is 24.3 Å². The van der Waals surface area contributed by atoms with E-state index in [2.05, 4.69) is 5.32 Å². The number of amides is 2. The third kappa shape index (κ3) is 2.56. The number of carbonyl (C=O) groups excluding carboxylic acids is 2. The summed E-state index contributed by atoms with van der Waals surface area (Å²) in [6, 6.07) is 7.95. The average molecular weight is 259 g/mol. The van der Waals surface area contributed by atoms with Gasteiger partial charge >= 0.3 is 0 Å². The number of nitriles is 1. The van der Waals surface area contributed by atoms with Crippen molar-refractivity contribution < 1.29 is 14.3 Å². The maximum atomic E-state index is 12.1. The smallest absolute Gasteiger partial charge is 0.251 e. The fraction of sp³-hybridized carbons (Fsp3) is 0.308. The molecule has 98 valence electrons. The number of ether oxygens (including phenoxy) is 1. The van der Waals surface area contributed by atoms with Crippen LogP contribution in [0, 0.1) is 11.3 Å². The van der Waals surface area contributed by atoms with Gasteiger partial charge in [-0.1, -0.05) is 0 Å². The predicted octanol–water partition coefficient (Wildman–Crippen LogP) is 0.440. The van der Waals surface area contributed by atoms with E-state index in [0.717, 1.165) is 4.90 Å². The molecule has 1 N–H and O–H groups in total. The van der Waals surface area contributed by atoms with Crippen molar-refractivity contribution in [3.05, 3.63) is 24.3 Å². The molecule has 0 radical (unpaired) electrons. The van der Waals surface area contributed by atoms with E-state index < -0.39 is 6.04 Å². The Labute approximate surface area is 110 Å². The molecule has 0 unspecified atom stereocenters. The van der Waals surface area contributed by atoms with E-state index in [1.54, 1.807) is 31.4 Å². The van der Waals surface area contributed by atoms with Crippen LogP contribution >= 0.6 is 0 Å². The predicted molar refractivity (Wildman–Crippen MR) is 67.5 cm³/mol. The van der Waals surface area contributed by atoms with E-state index >= 15 is 0 Å². The zero-order valence-electron chi connectivity index (χ0n) is 10.4. The summed E-state index contributed by atoms with van der Waals surface area (Å²) in [5.41, 5.74) is 0.511. The Balaban J connectivity index is 2.17. The van der Waals surface area contributed by atoms with Gasteiger partial charge in [-0.2, -0.15) is 5.26 Å². The number of carbonyl (C=O) groups is 2. The number of benzene rings is 1. The van der Waals surface area contributed by atoms with Crippen LogP contribution in [-0.2, 0) is 9.59 Å². The fourth-order valence-electron chi connectivity index (χ4n) is 1.96. The summed E-state index contributed by atoms with van der Waals surface area (Å²) in [5, 5.41) is 11.2. The summed E-state index contributed by atoms with van der Waals surface area (Å²) in [4.78, 5) is 25.1. The van der Waals surface area contributed by atoms with Crippen LogP contribution in [0.5, 0.6) is 5.75 Å². The first-order valence-corrected chi connectivity index (χ1v) is 5.78. The molecule has 1 heterocycles. The number of anilines is 1. The summed E-state index contributed by atoms with van der Waals surface area (Å²) in [6.45, 7) is 0.0418. The molecule has 1 saturated heterocycles. The quantitative estimate of drug-likeness (QED) is 0.626. The second-order valence-electron chi connectivity index (χ2n) is 4.06. The molecule has 6 nitrogen and oxygen atoms in total. The highest BCUT2D eigenvalue weighted by Gasteiger charge is 2.39. The molecule has 19 heavy (non-hydrogen) atoms. The first-order chi connectivity index (χ1) is 9.17. The van der Waals surface area contributed by atoms with Crippen LogP contribution < -0.4 is 15.0 Å². The van der Waals surface area contributed by atoms with Crippen molar-refractivity contribution >= 4 is 17.5 Å². The first kappa shape index (κ1) is 13.1. The third-order valence-electron chi connectivity index (χ3n) is 2.90. The van der Waals surface area contributed by atoms with Crippen molar-refractivity contribution in [3.63, 3.8) is 0 Å². The molecule has 1 fully saturated rings. The van der Waals surface area contributed by atoms with Crippen molar-refractivity contribution in [3.8, 4) is 11.8 Å². The lowest BCUT2D eigenvalue weighted by molar-refractivity contribution is -0.121. The number of hydrogen-bond acceptors (Lipinski definition) is 5. The number of nitrogens with one attached hydrogen (secondary N) is 1. The molecule has 1 aliphatic rings. The molecule has 0 aromatic heterocycles. The second kappa shape index (κ2) is 5.50. The molecule has 1 atom stereocenters. The number of methoxy groups -OCH3 is 1. The maximum Gasteiger partial charge on any atom is 0.251 e. The second-order valence-corrected chi connectivity index (χ2v) is 4.06. The van der Waals surface area contributed by atoms with Crippen LogP contribution in [0.4, 0.5) is 5.69 Å². The van der Waals surface area contributed by atoms with E-state index in [4.69, 9.17) is 10.00 Å². The Morgan fingerprint density at radius 1 is 1.42 bits per heavy atom. The van der Waals surface area contributed by atoms with Crippen molar-refractivity contribution in [1.82, 2.24) is 5.32 Å². The Morgan fingerprint density at radius 3 is 2.68 bits per heavy atom. The van der Waals surface area contributed by atoms with E-state index in [0.29, 0.717) is 11.4 Å². The third-order valence-corrected chi connectivity index (χ3v) is 2.90. The standard InChI is InChI=1S/C13H13N3O3/c1-19-10-4-2-9(3-5-10)16-12(17)8-11(13(16)18)15-7-6-14/h2-5,11,15H,7-8H2,1H3/t11-/m1/s1. The van der Waals surface area contributed by atoms with E-state index in [-0.39, 0.29) is 24.8 Å². The molecular formula is C13H13N3O3. The van der Waals surface area contributed by atoms with Gasteiger partial charge in [-0.05, 0) is 24.3 Å². The van der Waals surface area contributed by atoms with Crippen molar-refractivity contribution in [2.45, 2.75) is 12.5 Å². The molecule has 2 amide bonds. The lowest BCUT2D eigenvalue weighted by Gasteiger charge is -2.15. The zero-order valence-corrected chi connectivity index (χ0v) is 10.4. The van der Waals surface area contributed by atoms with Gasteiger partial charge in [0, 0.05) is 0 Å². The minimum atomic E-state index is -0.616. The summed E-state index contributed by atoms with van der Waals surface area (Å²) < 4.78 is 5.02. The van der Waals surface area contributed by atoms with Crippen molar-refractivity contribution in [2.75, 3.05) is 18.6 Å². The summed E-state index contributed by atoms with van der Waals surface area (Å²) in [6.07, 6.45) is 0.0759. The molecule has 1 aromatic rings. The number of hydrogen-bond donors (Lipinski definition) is 1. The Bertz CT molecular complexity index is 533. The highest BCUT2D eigenvalue weighted by molar-refractivity contribution is 6.22. The molecule has 0 saturated carbocycles. The summed E-state index contributed by atoms with van der Waals surface area (Å²) in [5.74, 6) is 0.0537. The molecule has 2 rings (SSSR count). The van der Waals surface area contributed by atoms with Crippen LogP contribution in [0.3, 0.4) is 0 Å². The van der Waals surface area contributed by atoms with E-state index in [9.17, 15) is 9.59 Å². The van der Waals surface area contributed by atoms with Gasteiger partial charge in [-0.25, -0.2) is 4.90 Å². The zero-order chi connectivity index (χ0) is 13.8. The van der Waals surface area contributed by atoms with Crippen LogP contribution in [0.25, 0.3) is 0 Å². The molecule has 0 aliphatic carbocycles. The SMILES string of the molecule is COc1ccc(N2C(=O)C[C@@H](NCC#N)C2=O)cc1. The largest absolute Gasteiger partial charge is 0.497 e. The van der Waals surface area contributed by atoms with E-state index in [1.165, 1.54) is 0 Å². The number of imide groups is 1. The minimum absolute atomic E-state index is 0.0418. The van der Waals surface area contributed by atoms with Gasteiger partial charge < -0.3 is 4.74 Å². The van der Waals surface area contributed by atoms with Gasteiger partial charge in [-0.15, -0.1) is 0 Å². The van der Waals surface area contributed by atoms with Gasteiger partial charge in [0.05, 0.1) is 37.9 Å². The summed E-state index contributed by atoms with van der Waals surface area (Å²) >= 11 is 0. The first-order valence-electron chi connectivity index (χ1n) is 5.78. The maximum absolute atomic E-state index is 12.1.